The van der Waals surface area contributed by atoms with Crippen molar-refractivity contribution in [2.24, 2.45) is 0 Å². The number of nitrogens with zero attached hydrogens (tertiary/aromatic N) is 1. The SMILES string of the molecule is O=C(Nc1ccc(F)c(Cl)c1)c1cc(S(=O)(=O)N2CCCC(O)CC2)cc2[nH]ccc12. The van der Waals surface area contributed by atoms with Crippen LogP contribution in [0.5, 0.6) is 0 Å². The number of anilines is 1. The van der Waals surface area contributed by atoms with Crippen LogP contribution >= 0.6 is 11.6 Å². The highest BCUT2D eigenvalue weighted by Crippen LogP contribution is 2.28. The fraction of sp³-hybridized carbons (Fsp3) is 0.286. The lowest BCUT2D eigenvalue weighted by Crippen LogP contribution is -2.32. The van der Waals surface area contributed by atoms with Crippen molar-refractivity contribution in [3.8, 4) is 0 Å². The highest BCUT2D eigenvalue weighted by Gasteiger charge is 2.29. The predicted octanol–water partition coefficient (Wildman–Crippen LogP) is 3.75. The first-order valence-corrected chi connectivity index (χ1v) is 11.6. The fourth-order valence-electron chi connectivity index (χ4n) is 3.69. The molecule has 0 spiro atoms. The van der Waals surface area contributed by atoms with Crippen LogP contribution < -0.4 is 5.32 Å². The summed E-state index contributed by atoms with van der Waals surface area (Å²) in [7, 11) is -3.87. The monoisotopic (exact) mass is 465 g/mol. The van der Waals surface area contributed by atoms with Gasteiger partial charge in [0.15, 0.2) is 0 Å². The quantitative estimate of drug-likeness (QED) is 0.546. The van der Waals surface area contributed by atoms with Crippen LogP contribution in [-0.4, -0.2) is 47.9 Å². The van der Waals surface area contributed by atoms with E-state index < -0.39 is 27.9 Å². The van der Waals surface area contributed by atoms with Gasteiger partial charge in [0.2, 0.25) is 10.0 Å². The molecule has 1 aliphatic rings. The topological polar surface area (TPSA) is 102 Å². The number of hydrogen-bond donors (Lipinski definition) is 3. The molecule has 10 heteroatoms. The molecule has 3 N–H and O–H groups in total. The predicted molar refractivity (Wildman–Crippen MR) is 116 cm³/mol. The van der Waals surface area contributed by atoms with Crippen molar-refractivity contribution in [3.63, 3.8) is 0 Å². The van der Waals surface area contributed by atoms with Crippen molar-refractivity contribution in [2.45, 2.75) is 30.3 Å². The molecule has 1 aliphatic heterocycles. The molecule has 1 amide bonds. The van der Waals surface area contributed by atoms with Crippen molar-refractivity contribution in [3.05, 3.63) is 59.0 Å². The average molecular weight is 466 g/mol. The van der Waals surface area contributed by atoms with Gasteiger partial charge in [-0.05, 0) is 55.7 Å². The standard InChI is InChI=1S/C21H21ClFN3O4S/c22-18-10-13(3-4-19(18)23)25-21(28)17-11-15(12-20-16(17)5-7-24-20)31(29,30)26-8-1-2-14(27)6-9-26/h3-5,7,10-12,14,24,27H,1-2,6,8-9H2,(H,25,28). The molecule has 3 aromatic rings. The zero-order valence-electron chi connectivity index (χ0n) is 16.4. The Morgan fingerprint density at radius 2 is 2.00 bits per heavy atom. The summed E-state index contributed by atoms with van der Waals surface area (Å²) in [6.07, 6.45) is 2.58. The number of aliphatic hydroxyl groups excluding tert-OH is 1. The van der Waals surface area contributed by atoms with Gasteiger partial charge in [0, 0.05) is 35.9 Å². The minimum absolute atomic E-state index is 0.0128. The number of benzene rings is 2. The molecule has 2 aromatic carbocycles. The third kappa shape index (κ3) is 4.45. The van der Waals surface area contributed by atoms with Crippen LogP contribution in [0.1, 0.15) is 29.6 Å². The molecule has 7 nitrogen and oxygen atoms in total. The maximum absolute atomic E-state index is 13.4. The zero-order valence-corrected chi connectivity index (χ0v) is 18.0. The first-order chi connectivity index (χ1) is 14.8. The van der Waals surface area contributed by atoms with Gasteiger partial charge in [-0.15, -0.1) is 0 Å². The normalized spacial score (nSPS) is 18.1. The Morgan fingerprint density at radius 1 is 1.19 bits per heavy atom. The Balaban J connectivity index is 1.70. The van der Waals surface area contributed by atoms with Crippen LogP contribution in [0.4, 0.5) is 10.1 Å². The van der Waals surface area contributed by atoms with E-state index in [9.17, 15) is 22.7 Å². The van der Waals surface area contributed by atoms with E-state index >= 15 is 0 Å². The number of aromatic amines is 1. The smallest absolute Gasteiger partial charge is 0.256 e. The molecule has 1 saturated heterocycles. The lowest BCUT2D eigenvalue weighted by Gasteiger charge is -2.20. The number of rotatable bonds is 4. The molecule has 164 valence electrons. The van der Waals surface area contributed by atoms with Gasteiger partial charge in [-0.25, -0.2) is 12.8 Å². The van der Waals surface area contributed by atoms with Crippen molar-refractivity contribution in [2.75, 3.05) is 18.4 Å². The number of amides is 1. The molecule has 4 rings (SSSR count). The van der Waals surface area contributed by atoms with E-state index in [1.807, 2.05) is 0 Å². The summed E-state index contributed by atoms with van der Waals surface area (Å²) in [5, 5.41) is 12.9. The van der Waals surface area contributed by atoms with Gasteiger partial charge >= 0.3 is 0 Å². The highest BCUT2D eigenvalue weighted by atomic mass is 35.5. The minimum atomic E-state index is -3.87. The molecule has 0 aliphatic carbocycles. The van der Waals surface area contributed by atoms with Gasteiger partial charge in [-0.2, -0.15) is 4.31 Å². The second-order valence-corrected chi connectivity index (χ2v) is 9.83. The molecule has 0 saturated carbocycles. The van der Waals surface area contributed by atoms with Gasteiger partial charge in [0.1, 0.15) is 5.82 Å². The molecule has 0 bridgehead atoms. The molecule has 2 heterocycles. The van der Waals surface area contributed by atoms with E-state index in [1.54, 1.807) is 12.3 Å². The summed E-state index contributed by atoms with van der Waals surface area (Å²) in [6.45, 7) is 0.514. The van der Waals surface area contributed by atoms with Crippen molar-refractivity contribution in [1.29, 1.82) is 0 Å². The lowest BCUT2D eigenvalue weighted by atomic mass is 10.1. The van der Waals surface area contributed by atoms with Gasteiger partial charge in [0.05, 0.1) is 21.6 Å². The third-order valence-corrected chi connectivity index (χ3v) is 7.52. The largest absolute Gasteiger partial charge is 0.393 e. The fourth-order valence-corrected chi connectivity index (χ4v) is 5.42. The van der Waals surface area contributed by atoms with E-state index in [4.69, 9.17) is 11.6 Å². The van der Waals surface area contributed by atoms with Crippen molar-refractivity contribution < 1.29 is 22.7 Å². The molecule has 1 fully saturated rings. The first-order valence-electron chi connectivity index (χ1n) is 9.81. The van der Waals surface area contributed by atoms with Crippen molar-refractivity contribution >= 4 is 44.1 Å². The maximum atomic E-state index is 13.4. The van der Waals surface area contributed by atoms with Crippen LogP contribution in [0.15, 0.2) is 47.5 Å². The number of H-pyrrole nitrogens is 1. The van der Waals surface area contributed by atoms with E-state index in [0.717, 1.165) is 6.07 Å². The summed E-state index contributed by atoms with van der Waals surface area (Å²) in [4.78, 5) is 15.9. The van der Waals surface area contributed by atoms with Gasteiger partial charge in [-0.1, -0.05) is 11.6 Å². The van der Waals surface area contributed by atoms with Crippen molar-refractivity contribution in [1.82, 2.24) is 9.29 Å². The maximum Gasteiger partial charge on any atom is 0.256 e. The van der Waals surface area contributed by atoms with Crippen LogP contribution in [0.25, 0.3) is 10.9 Å². The molecule has 0 radical (unpaired) electrons. The zero-order chi connectivity index (χ0) is 22.2. The molecule has 31 heavy (non-hydrogen) atoms. The second kappa shape index (κ2) is 8.58. The molecular formula is C21H21ClFN3O4S. The second-order valence-electron chi connectivity index (χ2n) is 7.48. The number of aromatic nitrogens is 1. The molecule has 1 aromatic heterocycles. The summed E-state index contributed by atoms with van der Waals surface area (Å²) >= 11 is 5.78. The number of halogens is 2. The van der Waals surface area contributed by atoms with Crippen LogP contribution in [0.2, 0.25) is 5.02 Å². The Labute approximate surface area is 183 Å². The molecule has 1 atom stereocenters. The number of nitrogens with one attached hydrogen (secondary N) is 2. The summed E-state index contributed by atoms with van der Waals surface area (Å²) < 4.78 is 41.3. The number of fused-ring (bicyclic) bond motifs is 1. The highest BCUT2D eigenvalue weighted by molar-refractivity contribution is 7.89. The van der Waals surface area contributed by atoms with Crippen LogP contribution in [-0.2, 0) is 10.0 Å². The molecule has 1 unspecified atom stereocenters. The Morgan fingerprint density at radius 3 is 2.77 bits per heavy atom. The summed E-state index contributed by atoms with van der Waals surface area (Å²) in [5.74, 6) is -1.15. The number of carbonyl (C=O) groups excluding carboxylic acids is 1. The average Bonchev–Trinajstić information content (AvgIpc) is 3.10. The minimum Gasteiger partial charge on any atom is -0.393 e. The van der Waals surface area contributed by atoms with Gasteiger partial charge < -0.3 is 15.4 Å². The van der Waals surface area contributed by atoms with Gasteiger partial charge in [-0.3, -0.25) is 4.79 Å². The van der Waals surface area contributed by atoms with E-state index in [0.29, 0.717) is 36.7 Å². The van der Waals surface area contributed by atoms with Crippen LogP contribution in [0.3, 0.4) is 0 Å². The number of carbonyl (C=O) groups is 1. The molecular weight excluding hydrogens is 445 g/mol. The lowest BCUT2D eigenvalue weighted by molar-refractivity contribution is 0.102. The first kappa shape index (κ1) is 21.8. The Bertz CT molecular complexity index is 1240. The summed E-state index contributed by atoms with van der Waals surface area (Å²) in [5.41, 5.74) is 0.945. The number of aliphatic hydroxyl groups is 1. The van der Waals surface area contributed by atoms with Gasteiger partial charge in [0.25, 0.3) is 5.91 Å². The van der Waals surface area contributed by atoms with Crippen LogP contribution in [0, 0.1) is 5.82 Å². The number of hydrogen-bond acceptors (Lipinski definition) is 4. The van der Waals surface area contributed by atoms with E-state index in [-0.39, 0.29) is 27.7 Å². The third-order valence-electron chi connectivity index (χ3n) is 5.36. The Kier molecular flexibility index (Phi) is 6.02. The van der Waals surface area contributed by atoms with E-state index in [2.05, 4.69) is 10.3 Å². The number of sulfonamides is 1. The summed E-state index contributed by atoms with van der Waals surface area (Å²) in [6, 6.07) is 8.31. The Hall–Kier alpha value is -2.46. The van der Waals surface area contributed by atoms with E-state index in [1.165, 1.54) is 28.6 Å².